The van der Waals surface area contributed by atoms with E-state index in [2.05, 4.69) is 43.2 Å². The van der Waals surface area contributed by atoms with Crippen molar-refractivity contribution in [2.45, 2.75) is 90.5 Å². The molecule has 1 aromatic rings. The Morgan fingerprint density at radius 3 is 2.80 bits per heavy atom. The fourth-order valence-electron chi connectivity index (χ4n) is 8.09. The second-order valence-electron chi connectivity index (χ2n) is 11.2. The monoisotopic (exact) mass is 406 g/mol. The van der Waals surface area contributed by atoms with Gasteiger partial charge in [0.1, 0.15) is 0 Å². The number of carbonyl (C=O) groups excluding carboxylic acids is 1. The topological polar surface area (TPSA) is 42.0 Å². The molecule has 30 heavy (non-hydrogen) atoms. The molecule has 162 valence electrons. The minimum absolute atomic E-state index is 0.130. The Labute approximate surface area is 182 Å². The Balaban J connectivity index is 1.40. The van der Waals surface area contributed by atoms with E-state index in [1.165, 1.54) is 49.8 Å². The summed E-state index contributed by atoms with van der Waals surface area (Å²) in [6.07, 6.45) is 15.4. The molecule has 1 aliphatic heterocycles. The maximum Gasteiger partial charge on any atom is 0.244 e. The smallest absolute Gasteiger partial charge is 0.244 e. The van der Waals surface area contributed by atoms with Gasteiger partial charge in [0.25, 0.3) is 0 Å². The molecule has 4 aliphatic rings. The van der Waals surface area contributed by atoms with Gasteiger partial charge < -0.3 is 5.32 Å². The summed E-state index contributed by atoms with van der Waals surface area (Å²) in [6.45, 7) is 7.35. The number of fused-ring (bicyclic) bond motifs is 5. The highest BCUT2D eigenvalue weighted by Gasteiger charge is 2.58. The first-order valence-electron chi connectivity index (χ1n) is 12.3. The summed E-state index contributed by atoms with van der Waals surface area (Å²) in [5.74, 6) is 3.03. The van der Waals surface area contributed by atoms with Crippen LogP contribution in [0.15, 0.2) is 36.0 Å². The van der Waals surface area contributed by atoms with Crippen LogP contribution in [0.1, 0.15) is 90.2 Å². The molecule has 7 atom stereocenters. The third kappa shape index (κ3) is 3.15. The van der Waals surface area contributed by atoms with E-state index in [0.29, 0.717) is 17.4 Å². The third-order valence-corrected chi connectivity index (χ3v) is 9.85. The van der Waals surface area contributed by atoms with Gasteiger partial charge in [-0.25, -0.2) is 0 Å². The molecule has 1 unspecified atom stereocenters. The van der Waals surface area contributed by atoms with Crippen molar-refractivity contribution >= 4 is 5.91 Å². The number of pyridine rings is 1. The van der Waals surface area contributed by atoms with Gasteiger partial charge in [-0.1, -0.05) is 38.8 Å². The SMILES string of the molecule is CC(CCC1=CC(=O)N[C@@H]2CC[C@H]3[C@@H]4CCC[C@@]4(C)CC[C@@H]3[C@@]12C)c1ccccn1. The van der Waals surface area contributed by atoms with Crippen molar-refractivity contribution in [2.24, 2.45) is 28.6 Å². The fourth-order valence-corrected chi connectivity index (χ4v) is 8.09. The van der Waals surface area contributed by atoms with Gasteiger partial charge >= 0.3 is 0 Å². The zero-order valence-corrected chi connectivity index (χ0v) is 19.0. The first-order valence-corrected chi connectivity index (χ1v) is 12.3. The number of hydrogen-bond donors (Lipinski definition) is 1. The summed E-state index contributed by atoms with van der Waals surface area (Å²) < 4.78 is 0. The Hall–Kier alpha value is -1.64. The average Bonchev–Trinajstić information content (AvgIpc) is 3.15. The minimum atomic E-state index is 0.130. The van der Waals surface area contributed by atoms with E-state index >= 15 is 0 Å². The van der Waals surface area contributed by atoms with Gasteiger partial charge in [-0.3, -0.25) is 9.78 Å². The van der Waals surface area contributed by atoms with Crippen molar-refractivity contribution in [1.82, 2.24) is 10.3 Å². The van der Waals surface area contributed by atoms with Crippen molar-refractivity contribution in [3.63, 3.8) is 0 Å². The molecule has 3 saturated carbocycles. The number of rotatable bonds is 4. The molecular weight excluding hydrogens is 368 g/mol. The maximum absolute atomic E-state index is 12.6. The molecule has 3 heteroatoms. The van der Waals surface area contributed by atoms with Crippen LogP contribution >= 0.6 is 0 Å². The Kier molecular flexibility index (Phi) is 5.07. The molecule has 5 rings (SSSR count). The average molecular weight is 407 g/mol. The lowest BCUT2D eigenvalue weighted by Gasteiger charge is -2.60. The summed E-state index contributed by atoms with van der Waals surface area (Å²) >= 11 is 0. The number of amides is 1. The van der Waals surface area contributed by atoms with E-state index in [1.54, 1.807) is 0 Å². The van der Waals surface area contributed by atoms with Gasteiger partial charge in [-0.05, 0) is 92.6 Å². The van der Waals surface area contributed by atoms with E-state index in [0.717, 1.165) is 37.0 Å². The van der Waals surface area contributed by atoms with Gasteiger partial charge in [0.2, 0.25) is 5.91 Å². The largest absolute Gasteiger partial charge is 0.349 e. The molecule has 0 spiro atoms. The van der Waals surface area contributed by atoms with Crippen LogP contribution < -0.4 is 5.32 Å². The van der Waals surface area contributed by atoms with E-state index in [4.69, 9.17) is 0 Å². The van der Waals surface area contributed by atoms with Gasteiger partial charge in [-0.2, -0.15) is 0 Å². The number of aromatic nitrogens is 1. The van der Waals surface area contributed by atoms with Gasteiger partial charge in [0, 0.05) is 29.4 Å². The highest BCUT2D eigenvalue weighted by atomic mass is 16.1. The summed E-state index contributed by atoms with van der Waals surface area (Å²) in [5, 5.41) is 3.38. The molecule has 3 fully saturated rings. The number of nitrogens with zero attached hydrogens (tertiary/aromatic N) is 1. The van der Waals surface area contributed by atoms with Crippen molar-refractivity contribution in [1.29, 1.82) is 0 Å². The summed E-state index contributed by atoms with van der Waals surface area (Å²) in [5.41, 5.74) is 3.31. The van der Waals surface area contributed by atoms with Crippen LogP contribution in [0.2, 0.25) is 0 Å². The highest BCUT2D eigenvalue weighted by molar-refractivity contribution is 5.90. The molecule has 0 aromatic carbocycles. The van der Waals surface area contributed by atoms with E-state index in [1.807, 2.05) is 18.3 Å². The molecule has 1 amide bonds. The van der Waals surface area contributed by atoms with Crippen molar-refractivity contribution in [2.75, 3.05) is 0 Å². The summed E-state index contributed by atoms with van der Waals surface area (Å²) in [7, 11) is 0. The maximum atomic E-state index is 12.6. The molecular formula is C27H38N2O. The van der Waals surface area contributed by atoms with E-state index in [9.17, 15) is 4.79 Å². The van der Waals surface area contributed by atoms with Gasteiger partial charge in [0.15, 0.2) is 0 Å². The first-order chi connectivity index (χ1) is 14.4. The molecule has 0 saturated heterocycles. The van der Waals surface area contributed by atoms with E-state index < -0.39 is 0 Å². The lowest BCUT2D eigenvalue weighted by Crippen LogP contribution is -2.60. The zero-order valence-electron chi connectivity index (χ0n) is 19.0. The predicted molar refractivity (Wildman–Crippen MR) is 121 cm³/mol. The molecule has 0 radical (unpaired) electrons. The van der Waals surface area contributed by atoms with Crippen LogP contribution in [-0.4, -0.2) is 16.9 Å². The fraction of sp³-hybridized carbons (Fsp3) is 0.704. The molecule has 1 N–H and O–H groups in total. The van der Waals surface area contributed by atoms with E-state index in [-0.39, 0.29) is 11.3 Å². The van der Waals surface area contributed by atoms with Crippen LogP contribution in [-0.2, 0) is 4.79 Å². The van der Waals surface area contributed by atoms with Crippen LogP contribution in [0.5, 0.6) is 0 Å². The second kappa shape index (κ2) is 7.50. The molecule has 1 aromatic heterocycles. The minimum Gasteiger partial charge on any atom is -0.349 e. The van der Waals surface area contributed by atoms with Crippen molar-refractivity contribution in [3.05, 3.63) is 41.7 Å². The third-order valence-electron chi connectivity index (χ3n) is 9.85. The summed E-state index contributed by atoms with van der Waals surface area (Å²) in [4.78, 5) is 17.1. The molecule has 3 aliphatic carbocycles. The Bertz CT molecular complexity index is 833. The molecule has 3 nitrogen and oxygen atoms in total. The molecule has 2 heterocycles. The Morgan fingerprint density at radius 2 is 2.00 bits per heavy atom. The number of carbonyl (C=O) groups is 1. The zero-order chi connectivity index (χ0) is 20.9. The van der Waals surface area contributed by atoms with Crippen LogP contribution in [0.25, 0.3) is 0 Å². The molecule has 0 bridgehead atoms. The lowest BCUT2D eigenvalue weighted by atomic mass is 9.47. The number of nitrogens with one attached hydrogen (secondary N) is 1. The standard InChI is InChI=1S/C27H38N2O/c1-18(23-8-4-5-16-28-23)9-10-19-17-25(30)29-24-12-11-20-21-7-6-14-26(21,2)15-13-22(20)27(19,24)3/h4-5,8,16-18,20-22,24H,6-7,9-15H2,1-3H3,(H,29,30)/t18?,20-,21-,22-,24+,26-,27+/m0/s1. The van der Waals surface area contributed by atoms with Crippen LogP contribution in [0, 0.1) is 28.6 Å². The van der Waals surface area contributed by atoms with Gasteiger partial charge in [-0.15, -0.1) is 0 Å². The van der Waals surface area contributed by atoms with Crippen molar-refractivity contribution < 1.29 is 4.79 Å². The predicted octanol–water partition coefficient (Wildman–Crippen LogP) is 6.02. The van der Waals surface area contributed by atoms with Crippen LogP contribution in [0.3, 0.4) is 0 Å². The Morgan fingerprint density at radius 1 is 1.13 bits per heavy atom. The first kappa shape index (κ1) is 20.3. The van der Waals surface area contributed by atoms with Crippen molar-refractivity contribution in [3.8, 4) is 0 Å². The highest BCUT2D eigenvalue weighted by Crippen LogP contribution is 2.64. The van der Waals surface area contributed by atoms with Crippen LogP contribution in [0.4, 0.5) is 0 Å². The number of hydrogen-bond acceptors (Lipinski definition) is 2. The second-order valence-corrected chi connectivity index (χ2v) is 11.2. The van der Waals surface area contributed by atoms with Gasteiger partial charge in [0.05, 0.1) is 0 Å². The normalized spacial score (nSPS) is 41.2. The lowest BCUT2D eigenvalue weighted by molar-refractivity contribution is -0.123. The quantitative estimate of drug-likeness (QED) is 0.664. The summed E-state index contributed by atoms with van der Waals surface area (Å²) in [6, 6.07) is 6.52.